The topological polar surface area (TPSA) is 333 Å². The molecule has 0 saturated carbocycles. The number of nitrogens with zero attached hydrogens (tertiary/aromatic N) is 3. The molecule has 17 N–H and O–H groups in total. The van der Waals surface area contributed by atoms with Crippen molar-refractivity contribution in [2.75, 3.05) is 13.1 Å². The number of aliphatic imine (C=N–C) groups is 3. The van der Waals surface area contributed by atoms with E-state index in [-0.39, 0.29) is 56.8 Å². The van der Waals surface area contributed by atoms with Gasteiger partial charge in [0.05, 0.1) is 13.0 Å². The lowest BCUT2D eigenvalue weighted by Crippen LogP contribution is -2.58. The van der Waals surface area contributed by atoms with Crippen LogP contribution in [0.1, 0.15) is 68.7 Å². The number of carbonyl (C=O) groups is 4. The zero-order valence-corrected chi connectivity index (χ0v) is 31.2. The number of hydrogen-bond acceptors (Lipinski definition) is 8. The zero-order valence-electron chi connectivity index (χ0n) is 31.2. The Balaban J connectivity index is 2.19. The first kappa shape index (κ1) is 44.0. The van der Waals surface area contributed by atoms with Crippen LogP contribution in [0.25, 0.3) is 0 Å². The van der Waals surface area contributed by atoms with Gasteiger partial charge in [-0.2, -0.15) is 0 Å². The molecule has 2 aromatic carbocycles. The molecule has 0 saturated heterocycles. The Labute approximate surface area is 316 Å². The van der Waals surface area contributed by atoms with Crippen molar-refractivity contribution >= 4 is 47.2 Å². The van der Waals surface area contributed by atoms with E-state index in [1.165, 1.54) is 0 Å². The molecule has 2 aromatic rings. The third-order valence-corrected chi connectivity index (χ3v) is 8.11. The molecule has 0 aromatic heterocycles. The summed E-state index contributed by atoms with van der Waals surface area (Å²) in [4.78, 5) is 65.9. The van der Waals surface area contributed by atoms with E-state index >= 15 is 0 Å². The van der Waals surface area contributed by atoms with Gasteiger partial charge in [-0.25, -0.2) is 4.99 Å². The predicted octanol–water partition coefficient (Wildman–Crippen LogP) is -1.08. The number of nitrogens with one attached hydrogen (secondary N) is 5. The summed E-state index contributed by atoms with van der Waals surface area (Å²) in [7, 11) is 0. The van der Waals surface area contributed by atoms with Crippen LogP contribution in [0.15, 0.2) is 63.5 Å². The fourth-order valence-corrected chi connectivity index (χ4v) is 5.16. The maximum atomic E-state index is 13.7. The van der Waals surface area contributed by atoms with Crippen LogP contribution in [0.2, 0.25) is 0 Å². The molecule has 0 aliphatic carbocycles. The number of rotatable bonds is 22. The van der Waals surface area contributed by atoms with Gasteiger partial charge in [-0.3, -0.25) is 29.2 Å². The fourth-order valence-electron chi connectivity index (χ4n) is 5.16. The van der Waals surface area contributed by atoms with Crippen LogP contribution in [-0.4, -0.2) is 78.4 Å². The zero-order chi connectivity index (χ0) is 40.2. The molecule has 2 rings (SSSR count). The molecule has 0 aliphatic heterocycles. The minimum absolute atomic E-state index is 0.0164. The van der Waals surface area contributed by atoms with Crippen LogP contribution >= 0.6 is 0 Å². The maximum Gasteiger partial charge on any atom is 0.243 e. The molecule has 0 aliphatic rings. The van der Waals surface area contributed by atoms with Crippen LogP contribution in [0.4, 0.5) is 0 Å². The minimum Gasteiger partial charge on any atom is -0.370 e. The molecule has 0 fully saturated rings. The van der Waals surface area contributed by atoms with Gasteiger partial charge in [0.2, 0.25) is 23.6 Å². The smallest absolute Gasteiger partial charge is 0.243 e. The van der Waals surface area contributed by atoms with E-state index in [1.807, 2.05) is 12.1 Å². The van der Waals surface area contributed by atoms with Crippen molar-refractivity contribution < 1.29 is 19.2 Å². The molecule has 1 unspecified atom stereocenters. The third kappa shape index (κ3) is 16.9. The van der Waals surface area contributed by atoms with Gasteiger partial charge in [-0.1, -0.05) is 62.4 Å². The molecule has 0 spiro atoms. The van der Waals surface area contributed by atoms with E-state index < -0.39 is 47.7 Å². The molecule has 0 heterocycles. The second-order valence-electron chi connectivity index (χ2n) is 13.1. The van der Waals surface area contributed by atoms with Gasteiger partial charge in [-0.05, 0) is 60.8 Å². The van der Waals surface area contributed by atoms with Crippen molar-refractivity contribution in [3.63, 3.8) is 0 Å². The van der Waals surface area contributed by atoms with E-state index in [1.54, 1.807) is 57.2 Å². The Morgan fingerprint density at radius 1 is 0.648 bits per heavy atom. The SMILES string of the molecule is CC(=N)c1ccc(CNC(=O)[C@H](CCCN=C(N)N)NC(=O)C(NC(=O)[C@H](CCCN=C(N)N)NC(=O)Cc2ccc(CN=C(N)N)cc2)C(C)C)cc1. The monoisotopic (exact) mass is 748 g/mol. The summed E-state index contributed by atoms with van der Waals surface area (Å²) < 4.78 is 0. The van der Waals surface area contributed by atoms with Gasteiger partial charge in [-0.15, -0.1) is 0 Å². The Morgan fingerprint density at radius 3 is 1.65 bits per heavy atom. The lowest BCUT2D eigenvalue weighted by Gasteiger charge is -2.27. The van der Waals surface area contributed by atoms with Gasteiger partial charge >= 0.3 is 0 Å². The Bertz CT molecular complexity index is 1640. The van der Waals surface area contributed by atoms with Gasteiger partial charge in [0.15, 0.2) is 17.9 Å². The number of hydrogen-bond donors (Lipinski definition) is 11. The average molecular weight is 749 g/mol. The second kappa shape index (κ2) is 22.7. The molecular weight excluding hydrogens is 692 g/mol. The molecule has 0 bridgehead atoms. The van der Waals surface area contributed by atoms with Crippen LogP contribution in [0.3, 0.4) is 0 Å². The van der Waals surface area contributed by atoms with Gasteiger partial charge < -0.3 is 61.1 Å². The first-order valence-electron chi connectivity index (χ1n) is 17.6. The normalized spacial score (nSPS) is 12.3. The summed E-state index contributed by atoms with van der Waals surface area (Å²) >= 11 is 0. The van der Waals surface area contributed by atoms with Gasteiger partial charge in [0.25, 0.3) is 0 Å². The number of benzene rings is 2. The highest BCUT2D eigenvalue weighted by atomic mass is 16.2. The summed E-state index contributed by atoms with van der Waals surface area (Å²) in [5.74, 6) is -2.66. The van der Waals surface area contributed by atoms with Crippen LogP contribution in [-0.2, 0) is 38.7 Å². The number of carbonyl (C=O) groups excluding carboxylic acids is 4. The molecule has 0 radical (unpaired) electrons. The van der Waals surface area contributed by atoms with Crippen molar-refractivity contribution in [1.29, 1.82) is 5.41 Å². The number of guanidine groups is 3. The third-order valence-electron chi connectivity index (χ3n) is 8.11. The predicted molar refractivity (Wildman–Crippen MR) is 211 cm³/mol. The first-order valence-corrected chi connectivity index (χ1v) is 17.6. The average Bonchev–Trinajstić information content (AvgIpc) is 3.11. The summed E-state index contributed by atoms with van der Waals surface area (Å²) in [6.45, 7) is 6.12. The van der Waals surface area contributed by atoms with Crippen molar-refractivity contribution in [3.8, 4) is 0 Å². The van der Waals surface area contributed by atoms with Crippen molar-refractivity contribution in [3.05, 3.63) is 70.8 Å². The Morgan fingerprint density at radius 2 is 1.15 bits per heavy atom. The van der Waals surface area contributed by atoms with E-state index in [2.05, 4.69) is 36.2 Å². The van der Waals surface area contributed by atoms with Crippen LogP contribution in [0.5, 0.6) is 0 Å². The molecule has 3 atom stereocenters. The highest BCUT2D eigenvalue weighted by Gasteiger charge is 2.31. The minimum atomic E-state index is -1.06. The van der Waals surface area contributed by atoms with Crippen molar-refractivity contribution in [1.82, 2.24) is 21.3 Å². The number of nitrogens with two attached hydrogens (primary N) is 6. The van der Waals surface area contributed by atoms with Gasteiger partial charge in [0, 0.05) is 25.3 Å². The summed E-state index contributed by atoms with van der Waals surface area (Å²) in [5, 5.41) is 19.0. The largest absolute Gasteiger partial charge is 0.370 e. The van der Waals surface area contributed by atoms with Crippen molar-refractivity contribution in [2.24, 2.45) is 55.3 Å². The molecule has 294 valence electrons. The molecular formula is C36H56N14O4. The summed E-state index contributed by atoms with van der Waals surface area (Å²) in [5.41, 5.74) is 36.1. The lowest BCUT2D eigenvalue weighted by molar-refractivity contribution is -0.134. The lowest BCUT2D eigenvalue weighted by atomic mass is 10.0. The standard InChI is InChI=1S/C36H56N14O4/c1-21(2)30(33(54)49-27(6-4-16-44-34(38)39)31(52)46-19-25-12-14-26(15-13-25)22(3)37)50-32(53)28(7-5-17-45-35(40)41)48-29(51)18-23-8-10-24(11-9-23)20-47-36(42)43/h8-15,21,27-28,30,37H,4-7,16-20H2,1-3H3,(H,46,52)(H,48,51)(H,49,54)(H,50,53)(H4,38,39,44)(H4,40,41,45)(H4,42,43,47)/t27-,28-,30?/m0/s1. The molecule has 18 nitrogen and oxygen atoms in total. The number of amides is 4. The van der Waals surface area contributed by atoms with Crippen LogP contribution in [0, 0.1) is 11.3 Å². The summed E-state index contributed by atoms with van der Waals surface area (Å²) in [6.07, 6.45) is 1.10. The second-order valence-corrected chi connectivity index (χ2v) is 13.1. The van der Waals surface area contributed by atoms with E-state index in [0.29, 0.717) is 30.7 Å². The first-order chi connectivity index (χ1) is 25.5. The molecule has 18 heteroatoms. The van der Waals surface area contributed by atoms with E-state index in [9.17, 15) is 19.2 Å². The molecule has 4 amide bonds. The highest BCUT2D eigenvalue weighted by molar-refractivity contribution is 5.96. The summed E-state index contributed by atoms with van der Waals surface area (Å²) in [6, 6.07) is 11.3. The maximum absolute atomic E-state index is 13.7. The van der Waals surface area contributed by atoms with Crippen LogP contribution < -0.4 is 55.7 Å². The fraction of sp³-hybridized carbons (Fsp3) is 0.444. The van der Waals surface area contributed by atoms with Gasteiger partial charge in [0.1, 0.15) is 18.1 Å². The Kier molecular flexibility index (Phi) is 18.5. The quantitative estimate of drug-likeness (QED) is 0.0393. The molecule has 54 heavy (non-hydrogen) atoms. The highest BCUT2D eigenvalue weighted by Crippen LogP contribution is 2.11. The van der Waals surface area contributed by atoms with Crippen molar-refractivity contribution in [2.45, 2.75) is 84.1 Å². The Hall–Kier alpha value is -6.20. The van der Waals surface area contributed by atoms with E-state index in [0.717, 1.165) is 16.7 Å². The van der Waals surface area contributed by atoms with E-state index in [4.69, 9.17) is 39.8 Å².